The highest BCUT2D eigenvalue weighted by Gasteiger charge is 2.41. The van der Waals surface area contributed by atoms with E-state index in [0.717, 1.165) is 12.8 Å². The monoisotopic (exact) mass is 313 g/mol. The third-order valence-electron chi connectivity index (χ3n) is 3.87. The molecule has 116 valence electrons. The molecule has 1 unspecified atom stereocenters. The molecule has 1 saturated carbocycles. The summed E-state index contributed by atoms with van der Waals surface area (Å²) < 4.78 is 0. The van der Waals surface area contributed by atoms with Gasteiger partial charge in [-0.15, -0.1) is 12.4 Å². The molecular formula is C14H20ClN3O3. The van der Waals surface area contributed by atoms with Gasteiger partial charge in [0.25, 0.3) is 5.69 Å². The molecule has 1 atom stereocenters. The van der Waals surface area contributed by atoms with E-state index in [2.05, 4.69) is 5.32 Å². The van der Waals surface area contributed by atoms with Crippen LogP contribution in [0.15, 0.2) is 24.3 Å². The second-order valence-corrected chi connectivity index (χ2v) is 5.51. The molecule has 0 saturated heterocycles. The summed E-state index contributed by atoms with van der Waals surface area (Å²) in [5, 5.41) is 13.8. The standard InChI is InChI=1S/C14H19N3O3.ClH/c1-14(9-15,11-6-7-11)16-13(18)8-10-4-2-3-5-12(10)17(19)20;/h2-5,11H,6-9,15H2,1H3,(H,16,18);1H. The van der Waals surface area contributed by atoms with Crippen LogP contribution >= 0.6 is 12.4 Å². The van der Waals surface area contributed by atoms with Crippen LogP contribution in [0.5, 0.6) is 0 Å². The Bertz CT molecular complexity index is 534. The van der Waals surface area contributed by atoms with Crippen LogP contribution in [-0.2, 0) is 11.2 Å². The lowest BCUT2D eigenvalue weighted by molar-refractivity contribution is -0.385. The third-order valence-corrected chi connectivity index (χ3v) is 3.87. The molecule has 0 radical (unpaired) electrons. The highest BCUT2D eigenvalue weighted by molar-refractivity contribution is 5.85. The highest BCUT2D eigenvalue weighted by Crippen LogP contribution is 2.39. The number of nitro benzene ring substituents is 1. The second kappa shape index (κ2) is 6.87. The molecule has 3 N–H and O–H groups in total. The number of amides is 1. The van der Waals surface area contributed by atoms with Crippen molar-refractivity contribution in [3.63, 3.8) is 0 Å². The normalized spacial score (nSPS) is 16.5. The van der Waals surface area contributed by atoms with Gasteiger partial charge >= 0.3 is 0 Å². The fourth-order valence-corrected chi connectivity index (χ4v) is 2.41. The first-order chi connectivity index (χ1) is 9.46. The number of nitrogens with one attached hydrogen (secondary N) is 1. The number of halogens is 1. The maximum Gasteiger partial charge on any atom is 0.273 e. The fourth-order valence-electron chi connectivity index (χ4n) is 2.41. The van der Waals surface area contributed by atoms with Crippen molar-refractivity contribution in [2.24, 2.45) is 11.7 Å². The number of carbonyl (C=O) groups is 1. The number of carbonyl (C=O) groups excluding carboxylic acids is 1. The topological polar surface area (TPSA) is 98.3 Å². The lowest BCUT2D eigenvalue weighted by Crippen LogP contribution is -2.53. The summed E-state index contributed by atoms with van der Waals surface area (Å²) in [7, 11) is 0. The molecule has 1 aliphatic carbocycles. The van der Waals surface area contributed by atoms with Crippen molar-refractivity contribution >= 4 is 24.0 Å². The predicted molar refractivity (Wildman–Crippen MR) is 82.4 cm³/mol. The molecule has 0 bridgehead atoms. The van der Waals surface area contributed by atoms with Gasteiger partial charge in [0.1, 0.15) is 0 Å². The quantitative estimate of drug-likeness (QED) is 0.618. The molecule has 0 spiro atoms. The Kier molecular flexibility index (Phi) is 5.69. The molecule has 2 rings (SSSR count). The minimum atomic E-state index is -0.467. The van der Waals surface area contributed by atoms with Crippen molar-refractivity contribution in [1.29, 1.82) is 0 Å². The maximum absolute atomic E-state index is 12.1. The van der Waals surface area contributed by atoms with Gasteiger partial charge in [-0.1, -0.05) is 18.2 Å². The van der Waals surface area contributed by atoms with Crippen molar-refractivity contribution in [3.8, 4) is 0 Å². The van der Waals surface area contributed by atoms with Crippen molar-refractivity contribution in [2.75, 3.05) is 6.54 Å². The van der Waals surface area contributed by atoms with E-state index in [9.17, 15) is 14.9 Å². The molecule has 1 aliphatic rings. The minimum Gasteiger partial charge on any atom is -0.349 e. The Morgan fingerprint density at radius 2 is 2.10 bits per heavy atom. The van der Waals surface area contributed by atoms with Gasteiger partial charge in [-0.3, -0.25) is 14.9 Å². The summed E-state index contributed by atoms with van der Waals surface area (Å²) in [6.07, 6.45) is 2.14. The average Bonchev–Trinajstić information content (AvgIpc) is 3.23. The van der Waals surface area contributed by atoms with Gasteiger partial charge in [0, 0.05) is 18.2 Å². The number of nitrogens with zero attached hydrogens (tertiary/aromatic N) is 1. The Balaban J connectivity index is 0.00000220. The van der Waals surface area contributed by atoms with Crippen LogP contribution in [0.25, 0.3) is 0 Å². The van der Waals surface area contributed by atoms with E-state index in [1.54, 1.807) is 18.2 Å². The number of nitrogens with two attached hydrogens (primary N) is 1. The Labute approximate surface area is 129 Å². The largest absolute Gasteiger partial charge is 0.349 e. The second-order valence-electron chi connectivity index (χ2n) is 5.51. The SMILES string of the molecule is CC(CN)(NC(=O)Cc1ccccc1[N+](=O)[O-])C1CC1.Cl. The van der Waals surface area contributed by atoms with Crippen molar-refractivity contribution < 1.29 is 9.72 Å². The summed E-state index contributed by atoms with van der Waals surface area (Å²) >= 11 is 0. The third kappa shape index (κ3) is 4.15. The smallest absolute Gasteiger partial charge is 0.273 e. The summed E-state index contributed by atoms with van der Waals surface area (Å²) in [4.78, 5) is 22.6. The van der Waals surface area contributed by atoms with Crippen molar-refractivity contribution in [3.05, 3.63) is 39.9 Å². The zero-order valence-electron chi connectivity index (χ0n) is 11.9. The molecule has 0 aliphatic heterocycles. The molecule has 1 aromatic rings. The van der Waals surface area contributed by atoms with Crippen LogP contribution < -0.4 is 11.1 Å². The molecule has 1 fully saturated rings. The van der Waals surface area contributed by atoms with Gasteiger partial charge < -0.3 is 11.1 Å². The van der Waals surface area contributed by atoms with Gasteiger partial charge in [-0.05, 0) is 25.7 Å². The summed E-state index contributed by atoms with van der Waals surface area (Å²) in [6.45, 7) is 2.31. The van der Waals surface area contributed by atoms with E-state index in [1.807, 2.05) is 6.92 Å². The number of hydrogen-bond acceptors (Lipinski definition) is 4. The van der Waals surface area contributed by atoms with Gasteiger partial charge in [-0.25, -0.2) is 0 Å². The van der Waals surface area contributed by atoms with Crippen LogP contribution in [0.4, 0.5) is 5.69 Å². The van der Waals surface area contributed by atoms with Crippen LogP contribution in [0.1, 0.15) is 25.3 Å². The highest BCUT2D eigenvalue weighted by atomic mass is 35.5. The number of hydrogen-bond donors (Lipinski definition) is 2. The Morgan fingerprint density at radius 1 is 1.48 bits per heavy atom. The number of benzene rings is 1. The lowest BCUT2D eigenvalue weighted by Gasteiger charge is -2.29. The van der Waals surface area contributed by atoms with Crippen molar-refractivity contribution in [2.45, 2.75) is 31.7 Å². The maximum atomic E-state index is 12.1. The zero-order valence-corrected chi connectivity index (χ0v) is 12.7. The molecule has 1 amide bonds. The Hall–Kier alpha value is -1.66. The molecule has 21 heavy (non-hydrogen) atoms. The fraction of sp³-hybridized carbons (Fsp3) is 0.500. The van der Waals surface area contributed by atoms with Crippen molar-refractivity contribution in [1.82, 2.24) is 5.32 Å². The van der Waals surface area contributed by atoms with E-state index < -0.39 is 10.5 Å². The molecular weight excluding hydrogens is 294 g/mol. The molecule has 6 nitrogen and oxygen atoms in total. The van der Waals surface area contributed by atoms with E-state index in [4.69, 9.17) is 5.73 Å². The van der Waals surface area contributed by atoms with E-state index in [1.165, 1.54) is 6.07 Å². The minimum absolute atomic E-state index is 0. The first kappa shape index (κ1) is 17.4. The van der Waals surface area contributed by atoms with Crippen LogP contribution in [0, 0.1) is 16.0 Å². The van der Waals surface area contributed by atoms with Gasteiger partial charge in [0.15, 0.2) is 0 Å². The Morgan fingerprint density at radius 3 is 2.62 bits per heavy atom. The van der Waals surface area contributed by atoms with Crippen LogP contribution in [0.2, 0.25) is 0 Å². The zero-order chi connectivity index (χ0) is 14.8. The predicted octanol–water partition coefficient (Wildman–Crippen LogP) is 1.80. The number of para-hydroxylation sites is 1. The molecule has 0 heterocycles. The van der Waals surface area contributed by atoms with Gasteiger partial charge in [0.2, 0.25) is 5.91 Å². The number of rotatable bonds is 6. The van der Waals surface area contributed by atoms with E-state index >= 15 is 0 Å². The summed E-state index contributed by atoms with van der Waals surface area (Å²) in [5.74, 6) is 0.196. The van der Waals surface area contributed by atoms with Gasteiger partial charge in [0.05, 0.1) is 16.9 Å². The first-order valence-corrected chi connectivity index (χ1v) is 6.69. The first-order valence-electron chi connectivity index (χ1n) is 6.69. The summed E-state index contributed by atoms with van der Waals surface area (Å²) in [6, 6.07) is 6.30. The summed E-state index contributed by atoms with van der Waals surface area (Å²) in [5.41, 5.74) is 5.74. The number of nitro groups is 1. The lowest BCUT2D eigenvalue weighted by atomic mass is 9.95. The molecule has 0 aromatic heterocycles. The van der Waals surface area contributed by atoms with Crippen LogP contribution in [0.3, 0.4) is 0 Å². The molecule has 1 aromatic carbocycles. The van der Waals surface area contributed by atoms with E-state index in [0.29, 0.717) is 18.0 Å². The van der Waals surface area contributed by atoms with E-state index in [-0.39, 0.29) is 30.4 Å². The van der Waals surface area contributed by atoms with Crippen LogP contribution in [-0.4, -0.2) is 22.9 Å². The average molecular weight is 314 g/mol. The van der Waals surface area contributed by atoms with Gasteiger partial charge in [-0.2, -0.15) is 0 Å². The molecule has 7 heteroatoms.